The summed E-state index contributed by atoms with van der Waals surface area (Å²) in [6.07, 6.45) is 17.5. The van der Waals surface area contributed by atoms with E-state index in [9.17, 15) is 4.79 Å². The van der Waals surface area contributed by atoms with Crippen LogP contribution in [-0.2, 0) is 16.0 Å². The number of ether oxygens (including phenoxy) is 1. The second-order valence-corrected chi connectivity index (χ2v) is 8.23. The van der Waals surface area contributed by atoms with Gasteiger partial charge in [0.2, 0.25) is 0 Å². The Hall–Kier alpha value is -2.42. The molecule has 30 heavy (non-hydrogen) atoms. The number of hydrogen-bond acceptors (Lipinski definition) is 3. The highest BCUT2D eigenvalue weighted by Crippen LogP contribution is 2.13. The zero-order chi connectivity index (χ0) is 22.2. The number of rotatable bonds is 13. The van der Waals surface area contributed by atoms with E-state index in [0.717, 1.165) is 44.2 Å². The number of aromatic nitrogens is 1. The molecule has 0 unspecified atom stereocenters. The summed E-state index contributed by atoms with van der Waals surface area (Å²) < 4.78 is 5.28. The summed E-state index contributed by atoms with van der Waals surface area (Å²) in [7, 11) is 0. The van der Waals surface area contributed by atoms with E-state index < -0.39 is 0 Å². The molecular weight excluding hydrogens is 370 g/mol. The van der Waals surface area contributed by atoms with Crippen LogP contribution in [0.15, 0.2) is 71.0 Å². The van der Waals surface area contributed by atoms with Crippen molar-refractivity contribution in [1.29, 1.82) is 0 Å². The van der Waals surface area contributed by atoms with Crippen molar-refractivity contribution in [2.45, 2.75) is 79.6 Å². The lowest BCUT2D eigenvalue weighted by Crippen LogP contribution is -2.09. The van der Waals surface area contributed by atoms with Crippen LogP contribution in [0.1, 0.15) is 78.8 Å². The maximum absolute atomic E-state index is 11.8. The van der Waals surface area contributed by atoms with E-state index in [4.69, 9.17) is 4.74 Å². The first-order chi connectivity index (χ1) is 14.4. The molecule has 0 aliphatic rings. The van der Waals surface area contributed by atoms with Crippen LogP contribution < -0.4 is 0 Å². The number of hydrogen-bond donors (Lipinski definition) is 0. The maximum atomic E-state index is 11.8. The van der Waals surface area contributed by atoms with Gasteiger partial charge in [0.25, 0.3) is 0 Å². The quantitative estimate of drug-likeness (QED) is 0.253. The average molecular weight is 410 g/mol. The molecule has 0 aliphatic carbocycles. The predicted octanol–water partition coefficient (Wildman–Crippen LogP) is 7.31. The van der Waals surface area contributed by atoms with Crippen LogP contribution in [0.5, 0.6) is 0 Å². The minimum Gasteiger partial charge on any atom is -0.461 e. The van der Waals surface area contributed by atoms with Gasteiger partial charge in [0.05, 0.1) is 12.1 Å². The van der Waals surface area contributed by atoms with E-state index in [-0.39, 0.29) is 12.4 Å². The highest BCUT2D eigenvalue weighted by Gasteiger charge is 2.04. The number of allylic oxidation sites excluding steroid dienone is 7. The Labute approximate surface area is 183 Å². The molecule has 0 aromatic carbocycles. The molecule has 0 aliphatic heterocycles. The third-order valence-electron chi connectivity index (χ3n) is 4.88. The Morgan fingerprint density at radius 1 is 0.833 bits per heavy atom. The van der Waals surface area contributed by atoms with Gasteiger partial charge >= 0.3 is 5.97 Å². The molecule has 0 amide bonds. The van der Waals surface area contributed by atoms with Crippen molar-refractivity contribution >= 4 is 5.97 Å². The molecule has 1 aromatic rings. The third-order valence-corrected chi connectivity index (χ3v) is 4.88. The zero-order valence-corrected chi connectivity index (χ0v) is 19.5. The first kappa shape index (κ1) is 25.6. The summed E-state index contributed by atoms with van der Waals surface area (Å²) in [5, 5.41) is 0. The highest BCUT2D eigenvalue weighted by molar-refractivity contribution is 5.72. The average Bonchev–Trinajstić information content (AvgIpc) is 2.68. The molecule has 0 spiro atoms. The lowest BCUT2D eigenvalue weighted by atomic mass is 10.0. The minimum atomic E-state index is -0.238. The minimum absolute atomic E-state index is 0.221. The molecule has 0 bridgehead atoms. The number of carbonyl (C=O) groups excluding carboxylic acids is 1. The molecule has 1 rings (SSSR count). The molecule has 3 heteroatoms. The molecule has 0 atom stereocenters. The van der Waals surface area contributed by atoms with Crippen LogP contribution in [0, 0.1) is 0 Å². The van der Waals surface area contributed by atoms with Crippen molar-refractivity contribution in [3.05, 3.63) is 76.7 Å². The summed E-state index contributed by atoms with van der Waals surface area (Å²) >= 11 is 0. The van der Waals surface area contributed by atoms with E-state index in [0.29, 0.717) is 6.61 Å². The first-order valence-corrected chi connectivity index (χ1v) is 11.0. The fourth-order valence-electron chi connectivity index (χ4n) is 2.97. The fraction of sp³-hybridized carbons (Fsp3) is 0.481. The molecule has 1 aromatic heterocycles. The number of pyridine rings is 1. The third kappa shape index (κ3) is 13.7. The summed E-state index contributed by atoms with van der Waals surface area (Å²) in [6.45, 7) is 11.2. The van der Waals surface area contributed by atoms with Crippen LogP contribution in [0.25, 0.3) is 0 Å². The van der Waals surface area contributed by atoms with Crippen LogP contribution in [-0.4, -0.2) is 17.6 Å². The molecule has 0 radical (unpaired) electrons. The van der Waals surface area contributed by atoms with Gasteiger partial charge in [0.1, 0.15) is 6.61 Å². The van der Waals surface area contributed by atoms with Crippen LogP contribution in [0.3, 0.4) is 0 Å². The lowest BCUT2D eigenvalue weighted by Gasteiger charge is -2.04. The van der Waals surface area contributed by atoms with Gasteiger partial charge in [-0.2, -0.15) is 0 Å². The van der Waals surface area contributed by atoms with Gasteiger partial charge in [-0.25, -0.2) is 0 Å². The van der Waals surface area contributed by atoms with Gasteiger partial charge in [-0.3, -0.25) is 9.78 Å². The van der Waals surface area contributed by atoms with Gasteiger partial charge in [-0.15, -0.1) is 0 Å². The van der Waals surface area contributed by atoms with Gasteiger partial charge in [-0.05, 0) is 91.4 Å². The molecule has 164 valence electrons. The van der Waals surface area contributed by atoms with E-state index >= 15 is 0 Å². The largest absolute Gasteiger partial charge is 0.461 e. The number of carbonyl (C=O) groups is 1. The van der Waals surface area contributed by atoms with Crippen LogP contribution in [0.2, 0.25) is 0 Å². The Kier molecular flexibility index (Phi) is 13.2. The molecule has 3 nitrogen and oxygen atoms in total. The molecule has 0 fully saturated rings. The standard InChI is InChI=1S/C27H39NO2/c1-22(2)11-8-12-23(3)13-9-14-24(4)15-10-16-25(5)18-20-30-27(29)21-26-17-6-7-19-28-26/h6-7,11,13,15,17-19H,8-10,12,14,16,20-21H2,1-5H3/b23-13+,24-15+,25-18+. The molecule has 0 N–H and O–H groups in total. The smallest absolute Gasteiger partial charge is 0.312 e. The van der Waals surface area contributed by atoms with Crippen LogP contribution in [0.4, 0.5) is 0 Å². The SMILES string of the molecule is CC(C)=CCC/C(C)=C/CC/C(C)=C/CC/C(C)=C/COC(=O)Cc1ccccn1. The zero-order valence-electron chi connectivity index (χ0n) is 19.5. The first-order valence-electron chi connectivity index (χ1n) is 11.0. The molecular formula is C27H39NO2. The van der Waals surface area contributed by atoms with Crippen molar-refractivity contribution in [3.63, 3.8) is 0 Å². The topological polar surface area (TPSA) is 39.2 Å². The van der Waals surface area contributed by atoms with E-state index in [1.165, 1.54) is 22.3 Å². The second-order valence-electron chi connectivity index (χ2n) is 8.23. The Balaban J connectivity index is 2.21. The maximum Gasteiger partial charge on any atom is 0.312 e. The number of nitrogens with zero attached hydrogens (tertiary/aromatic N) is 1. The van der Waals surface area contributed by atoms with Crippen molar-refractivity contribution in [2.75, 3.05) is 6.61 Å². The van der Waals surface area contributed by atoms with Gasteiger partial charge < -0.3 is 4.74 Å². The van der Waals surface area contributed by atoms with Crippen LogP contribution >= 0.6 is 0 Å². The summed E-state index contributed by atoms with van der Waals surface area (Å²) in [4.78, 5) is 16.0. The molecule has 1 heterocycles. The van der Waals surface area contributed by atoms with E-state index in [2.05, 4.69) is 57.8 Å². The number of esters is 1. The van der Waals surface area contributed by atoms with Gasteiger partial charge in [0.15, 0.2) is 0 Å². The lowest BCUT2D eigenvalue weighted by molar-refractivity contribution is -0.141. The highest BCUT2D eigenvalue weighted by atomic mass is 16.5. The van der Waals surface area contributed by atoms with E-state index in [1.54, 1.807) is 6.20 Å². The monoisotopic (exact) mass is 409 g/mol. The predicted molar refractivity (Wildman–Crippen MR) is 127 cm³/mol. The summed E-state index contributed by atoms with van der Waals surface area (Å²) in [5.41, 5.74) is 6.31. The van der Waals surface area contributed by atoms with E-state index in [1.807, 2.05) is 24.3 Å². The van der Waals surface area contributed by atoms with Crippen molar-refractivity contribution in [1.82, 2.24) is 4.98 Å². The Bertz CT molecular complexity index is 750. The summed E-state index contributed by atoms with van der Waals surface area (Å²) in [5.74, 6) is -0.238. The Morgan fingerprint density at radius 3 is 1.93 bits per heavy atom. The second kappa shape index (κ2) is 15.4. The summed E-state index contributed by atoms with van der Waals surface area (Å²) in [6, 6.07) is 5.54. The normalized spacial score (nSPS) is 12.6. The molecule has 0 saturated heterocycles. The van der Waals surface area contributed by atoms with Crippen molar-refractivity contribution < 1.29 is 9.53 Å². The van der Waals surface area contributed by atoms with Crippen molar-refractivity contribution in [2.24, 2.45) is 0 Å². The van der Waals surface area contributed by atoms with Gasteiger partial charge in [0, 0.05) is 6.20 Å². The Morgan fingerprint density at radius 2 is 1.40 bits per heavy atom. The molecule has 0 saturated carbocycles. The van der Waals surface area contributed by atoms with Crippen molar-refractivity contribution in [3.8, 4) is 0 Å². The fourth-order valence-corrected chi connectivity index (χ4v) is 2.97. The van der Waals surface area contributed by atoms with Gasteiger partial charge in [-0.1, -0.05) is 46.6 Å².